The molecule has 0 saturated heterocycles. The van der Waals surface area contributed by atoms with Gasteiger partial charge in [0.25, 0.3) is 5.91 Å². The van der Waals surface area contributed by atoms with E-state index in [1.807, 2.05) is 12.1 Å². The second kappa shape index (κ2) is 6.97. The molecule has 2 aromatic rings. The lowest BCUT2D eigenvalue weighted by Gasteiger charge is -2.18. The highest BCUT2D eigenvalue weighted by molar-refractivity contribution is 5.92. The van der Waals surface area contributed by atoms with Crippen LogP contribution in [0.3, 0.4) is 0 Å². The highest BCUT2D eigenvalue weighted by atomic mass is 16.5. The smallest absolute Gasteiger partial charge is 0.339 e. The Balaban J connectivity index is 1.78. The maximum absolute atomic E-state index is 12.4. The van der Waals surface area contributed by atoms with E-state index < -0.39 is 12.1 Å². The van der Waals surface area contributed by atoms with Gasteiger partial charge in [0.1, 0.15) is 0 Å². The number of hydrogen-bond donors (Lipinski definition) is 1. The van der Waals surface area contributed by atoms with E-state index in [-0.39, 0.29) is 11.9 Å². The first-order valence-corrected chi connectivity index (χ1v) is 7.74. The lowest BCUT2D eigenvalue weighted by molar-refractivity contribution is -0.130. The van der Waals surface area contributed by atoms with Crippen molar-refractivity contribution in [1.29, 1.82) is 5.26 Å². The van der Waals surface area contributed by atoms with E-state index in [1.54, 1.807) is 36.4 Å². The Kier molecular flexibility index (Phi) is 4.57. The molecule has 0 spiro atoms. The number of nitriles is 1. The third kappa shape index (κ3) is 3.79. The van der Waals surface area contributed by atoms with Gasteiger partial charge in [-0.3, -0.25) is 4.79 Å². The van der Waals surface area contributed by atoms with Crippen LogP contribution < -0.4 is 5.32 Å². The molecular weight excluding hydrogens is 304 g/mol. The third-order valence-electron chi connectivity index (χ3n) is 3.74. The predicted octanol–water partition coefficient (Wildman–Crippen LogP) is 2.73. The van der Waals surface area contributed by atoms with Crippen LogP contribution in [0.25, 0.3) is 0 Å². The molecule has 2 aromatic carbocycles. The van der Waals surface area contributed by atoms with Gasteiger partial charge in [0.2, 0.25) is 6.10 Å². The Hall–Kier alpha value is -3.13. The van der Waals surface area contributed by atoms with Crippen molar-refractivity contribution < 1.29 is 14.3 Å². The van der Waals surface area contributed by atoms with E-state index in [9.17, 15) is 9.59 Å². The molecule has 0 bridgehead atoms. The summed E-state index contributed by atoms with van der Waals surface area (Å²) in [6.45, 7) is 0. The highest BCUT2D eigenvalue weighted by Crippen LogP contribution is 2.24. The number of carbonyl (C=O) groups is 2. The Morgan fingerprint density at radius 1 is 1.08 bits per heavy atom. The molecule has 3 rings (SSSR count). The minimum atomic E-state index is -0.991. The molecule has 0 unspecified atom stereocenters. The van der Waals surface area contributed by atoms with Crippen LogP contribution in [-0.4, -0.2) is 17.9 Å². The molecule has 1 aliphatic carbocycles. The summed E-state index contributed by atoms with van der Waals surface area (Å²) in [5.41, 5.74) is 1.38. The van der Waals surface area contributed by atoms with Gasteiger partial charge in [0.05, 0.1) is 17.2 Å². The first-order chi connectivity index (χ1) is 11.7. The van der Waals surface area contributed by atoms with E-state index in [0.29, 0.717) is 16.7 Å². The third-order valence-corrected chi connectivity index (χ3v) is 3.74. The molecule has 24 heavy (non-hydrogen) atoms. The number of ether oxygens (including phenoxy) is 1. The Bertz CT molecular complexity index is 775. The van der Waals surface area contributed by atoms with Crippen molar-refractivity contribution in [2.75, 3.05) is 0 Å². The second-order valence-corrected chi connectivity index (χ2v) is 5.67. The van der Waals surface area contributed by atoms with Gasteiger partial charge >= 0.3 is 5.97 Å². The summed E-state index contributed by atoms with van der Waals surface area (Å²) in [4.78, 5) is 24.8. The van der Waals surface area contributed by atoms with Gasteiger partial charge in [-0.25, -0.2) is 4.79 Å². The van der Waals surface area contributed by atoms with Gasteiger partial charge in [-0.15, -0.1) is 0 Å². The van der Waals surface area contributed by atoms with Crippen molar-refractivity contribution in [2.45, 2.75) is 25.0 Å². The average Bonchev–Trinajstić information content (AvgIpc) is 3.44. The summed E-state index contributed by atoms with van der Waals surface area (Å²) >= 11 is 0. The Labute approximate surface area is 139 Å². The molecule has 0 radical (unpaired) electrons. The molecule has 1 N–H and O–H groups in total. The van der Waals surface area contributed by atoms with E-state index in [4.69, 9.17) is 10.00 Å². The number of hydrogen-bond acceptors (Lipinski definition) is 4. The van der Waals surface area contributed by atoms with Crippen LogP contribution in [0.4, 0.5) is 0 Å². The molecule has 5 nitrogen and oxygen atoms in total. The van der Waals surface area contributed by atoms with Gasteiger partial charge < -0.3 is 10.1 Å². The minimum Gasteiger partial charge on any atom is -0.444 e. The van der Waals surface area contributed by atoms with Crippen molar-refractivity contribution in [3.8, 4) is 6.07 Å². The average molecular weight is 320 g/mol. The zero-order chi connectivity index (χ0) is 16.9. The lowest BCUT2D eigenvalue weighted by atomic mass is 10.1. The summed E-state index contributed by atoms with van der Waals surface area (Å²) in [7, 11) is 0. The van der Waals surface area contributed by atoms with Crippen molar-refractivity contribution in [3.05, 3.63) is 71.3 Å². The van der Waals surface area contributed by atoms with Crippen LogP contribution in [0.5, 0.6) is 0 Å². The number of amides is 1. The van der Waals surface area contributed by atoms with Gasteiger partial charge in [0.15, 0.2) is 0 Å². The lowest BCUT2D eigenvalue weighted by Crippen LogP contribution is -2.33. The monoisotopic (exact) mass is 320 g/mol. The van der Waals surface area contributed by atoms with Gasteiger partial charge in [-0.1, -0.05) is 30.3 Å². The number of carbonyl (C=O) groups excluding carboxylic acids is 2. The molecule has 1 saturated carbocycles. The topological polar surface area (TPSA) is 79.2 Å². The first kappa shape index (κ1) is 15.8. The molecule has 120 valence electrons. The number of nitrogens with zero attached hydrogens (tertiary/aromatic N) is 1. The maximum Gasteiger partial charge on any atom is 0.339 e. The molecule has 5 heteroatoms. The summed E-state index contributed by atoms with van der Waals surface area (Å²) in [5, 5.41) is 11.7. The van der Waals surface area contributed by atoms with Crippen LogP contribution >= 0.6 is 0 Å². The number of rotatable bonds is 5. The zero-order valence-corrected chi connectivity index (χ0v) is 12.9. The molecule has 1 fully saturated rings. The molecule has 1 atom stereocenters. The summed E-state index contributed by atoms with van der Waals surface area (Å²) < 4.78 is 5.45. The van der Waals surface area contributed by atoms with Crippen molar-refractivity contribution in [2.24, 2.45) is 0 Å². The molecule has 0 heterocycles. The number of benzene rings is 2. The van der Waals surface area contributed by atoms with Gasteiger partial charge in [-0.05, 0) is 37.1 Å². The Morgan fingerprint density at radius 3 is 2.33 bits per heavy atom. The van der Waals surface area contributed by atoms with E-state index >= 15 is 0 Å². The first-order valence-electron chi connectivity index (χ1n) is 7.74. The van der Waals surface area contributed by atoms with E-state index in [0.717, 1.165) is 12.8 Å². The minimum absolute atomic E-state index is 0.178. The number of nitrogens with one attached hydrogen (secondary N) is 1. The molecular formula is C19H16N2O3. The fraction of sp³-hybridized carbons (Fsp3) is 0.211. The normalized spacial score (nSPS) is 14.3. The molecule has 1 amide bonds. The highest BCUT2D eigenvalue weighted by Gasteiger charge is 2.31. The summed E-state index contributed by atoms with van der Waals surface area (Å²) in [6, 6.07) is 17.2. The molecule has 1 aliphatic rings. The standard InChI is InChI=1S/C19H16N2O3/c20-12-13-6-8-15(9-7-13)19(23)24-17(14-4-2-1-3-5-14)18(22)21-16-10-11-16/h1-9,16-17H,10-11H2,(H,21,22)/t17-/m1/s1. The summed E-state index contributed by atoms with van der Waals surface area (Å²) in [5.74, 6) is -0.912. The van der Waals surface area contributed by atoms with Crippen LogP contribution in [0.2, 0.25) is 0 Å². The van der Waals surface area contributed by atoms with E-state index in [1.165, 1.54) is 12.1 Å². The predicted molar refractivity (Wildman–Crippen MR) is 86.9 cm³/mol. The summed E-state index contributed by atoms with van der Waals surface area (Å²) in [6.07, 6.45) is 0.920. The molecule has 0 aliphatic heterocycles. The number of esters is 1. The van der Waals surface area contributed by atoms with Crippen LogP contribution in [0, 0.1) is 11.3 Å². The zero-order valence-electron chi connectivity index (χ0n) is 12.9. The van der Waals surface area contributed by atoms with Gasteiger partial charge in [0, 0.05) is 11.6 Å². The van der Waals surface area contributed by atoms with E-state index in [2.05, 4.69) is 5.32 Å². The molecule has 0 aromatic heterocycles. The fourth-order valence-corrected chi connectivity index (χ4v) is 2.26. The SMILES string of the molecule is N#Cc1ccc(C(=O)O[C@@H](C(=O)NC2CC2)c2ccccc2)cc1. The fourth-order valence-electron chi connectivity index (χ4n) is 2.26. The largest absolute Gasteiger partial charge is 0.444 e. The quantitative estimate of drug-likeness (QED) is 0.859. The maximum atomic E-state index is 12.4. The van der Waals surface area contributed by atoms with Crippen molar-refractivity contribution in [3.63, 3.8) is 0 Å². The van der Waals surface area contributed by atoms with Crippen molar-refractivity contribution >= 4 is 11.9 Å². The second-order valence-electron chi connectivity index (χ2n) is 5.67. The van der Waals surface area contributed by atoms with Gasteiger partial charge in [-0.2, -0.15) is 5.26 Å². The Morgan fingerprint density at radius 2 is 1.75 bits per heavy atom. The van der Waals surface area contributed by atoms with Crippen LogP contribution in [0.15, 0.2) is 54.6 Å². The van der Waals surface area contributed by atoms with Crippen LogP contribution in [0.1, 0.15) is 40.4 Å². The van der Waals surface area contributed by atoms with Crippen LogP contribution in [-0.2, 0) is 9.53 Å². The van der Waals surface area contributed by atoms with Crippen molar-refractivity contribution in [1.82, 2.24) is 5.32 Å².